The van der Waals surface area contributed by atoms with Gasteiger partial charge in [-0.05, 0) is 86.8 Å². The van der Waals surface area contributed by atoms with Gasteiger partial charge in [-0.1, -0.05) is 18.2 Å². The minimum absolute atomic E-state index is 0.106. The predicted octanol–water partition coefficient (Wildman–Crippen LogP) is 2.45. The molecule has 1 atom stereocenters. The van der Waals surface area contributed by atoms with E-state index in [-0.39, 0.29) is 16.2 Å². The summed E-state index contributed by atoms with van der Waals surface area (Å²) in [6.07, 6.45) is 8.62. The molecular formula is C22H31N3O4S2. The highest BCUT2D eigenvalue weighted by atomic mass is 32.2. The summed E-state index contributed by atoms with van der Waals surface area (Å²) < 4.78 is 27.9. The number of amides is 2. The molecule has 2 amide bonds. The molecule has 4 bridgehead atoms. The number of carbonyl (C=O) groups excluding carboxylic acids is 2. The van der Waals surface area contributed by atoms with Gasteiger partial charge in [-0.25, -0.2) is 8.42 Å². The van der Waals surface area contributed by atoms with Crippen LogP contribution in [0.4, 0.5) is 0 Å². The Kier molecular flexibility index (Phi) is 6.65. The van der Waals surface area contributed by atoms with Crippen molar-refractivity contribution in [2.45, 2.75) is 55.9 Å². The van der Waals surface area contributed by atoms with Gasteiger partial charge in [0.05, 0.1) is 10.3 Å². The summed E-state index contributed by atoms with van der Waals surface area (Å²) >= 11 is 1.53. The Morgan fingerprint density at radius 3 is 2.16 bits per heavy atom. The lowest BCUT2D eigenvalue weighted by molar-refractivity contribution is -0.149. The van der Waals surface area contributed by atoms with Crippen LogP contribution < -0.4 is 15.6 Å². The fraction of sp³-hybridized carbons (Fsp3) is 0.636. The second-order valence-corrected chi connectivity index (χ2v) is 12.1. The fourth-order valence-corrected chi connectivity index (χ4v) is 7.78. The van der Waals surface area contributed by atoms with Crippen molar-refractivity contribution >= 4 is 33.6 Å². The molecule has 1 aromatic carbocycles. The standard InChI is InChI=1S/C22H31N3O4S2/c1-30-8-7-19(25-31(28,29)18-5-3-2-4-6-18)20(26)23-24-21(27)22-12-15-9-16(13-22)11-17(10-15)14-22/h2-6,15-17,19,25H,7-14H2,1H3,(H,23,26)(H,24,27)/t15?,16?,17?,19-,22?/m0/s1. The number of carbonyl (C=O) groups is 2. The molecule has 0 unspecified atom stereocenters. The molecular weight excluding hydrogens is 434 g/mol. The maximum atomic E-state index is 13.1. The van der Waals surface area contributed by atoms with Crippen LogP contribution in [0.5, 0.6) is 0 Å². The molecule has 31 heavy (non-hydrogen) atoms. The highest BCUT2D eigenvalue weighted by Crippen LogP contribution is 2.60. The highest BCUT2D eigenvalue weighted by molar-refractivity contribution is 7.98. The Morgan fingerprint density at radius 1 is 1.03 bits per heavy atom. The molecule has 4 fully saturated rings. The Balaban J connectivity index is 1.39. The smallest absolute Gasteiger partial charge is 0.256 e. The molecule has 0 heterocycles. The van der Waals surface area contributed by atoms with Crippen molar-refractivity contribution in [3.8, 4) is 0 Å². The Hall–Kier alpha value is -1.58. The van der Waals surface area contributed by atoms with E-state index in [1.165, 1.54) is 43.2 Å². The van der Waals surface area contributed by atoms with Crippen molar-refractivity contribution in [1.82, 2.24) is 15.6 Å². The van der Waals surface area contributed by atoms with E-state index in [1.807, 2.05) is 6.26 Å². The number of rotatable bonds is 8. The summed E-state index contributed by atoms with van der Waals surface area (Å²) in [7, 11) is -3.84. The second-order valence-electron chi connectivity index (χ2n) is 9.41. The van der Waals surface area contributed by atoms with E-state index in [4.69, 9.17) is 0 Å². The van der Waals surface area contributed by atoms with Gasteiger partial charge in [0.15, 0.2) is 0 Å². The normalized spacial score (nSPS) is 30.0. The van der Waals surface area contributed by atoms with Gasteiger partial charge in [-0.2, -0.15) is 16.5 Å². The zero-order valence-corrected chi connectivity index (χ0v) is 19.4. The highest BCUT2D eigenvalue weighted by Gasteiger charge is 2.54. The number of hydrazine groups is 1. The molecule has 1 aromatic rings. The third kappa shape index (κ3) is 4.93. The molecule has 4 saturated carbocycles. The molecule has 0 aromatic heterocycles. The lowest BCUT2D eigenvalue weighted by Crippen LogP contribution is -2.59. The molecule has 4 aliphatic carbocycles. The van der Waals surface area contributed by atoms with Crippen LogP contribution in [-0.2, 0) is 19.6 Å². The first-order valence-electron chi connectivity index (χ1n) is 11.0. The molecule has 0 aliphatic heterocycles. The van der Waals surface area contributed by atoms with E-state index in [9.17, 15) is 18.0 Å². The molecule has 0 radical (unpaired) electrons. The van der Waals surface area contributed by atoms with Crippen LogP contribution in [0, 0.1) is 23.2 Å². The number of benzene rings is 1. The number of nitrogens with one attached hydrogen (secondary N) is 3. The monoisotopic (exact) mass is 465 g/mol. The molecule has 170 valence electrons. The topological polar surface area (TPSA) is 104 Å². The van der Waals surface area contributed by atoms with Crippen LogP contribution in [0.25, 0.3) is 0 Å². The first kappa shape index (κ1) is 22.6. The number of hydrogen-bond donors (Lipinski definition) is 3. The maximum Gasteiger partial charge on any atom is 0.256 e. The molecule has 7 nitrogen and oxygen atoms in total. The van der Waals surface area contributed by atoms with Gasteiger partial charge >= 0.3 is 0 Å². The average molecular weight is 466 g/mol. The van der Waals surface area contributed by atoms with Gasteiger partial charge < -0.3 is 0 Å². The van der Waals surface area contributed by atoms with Crippen LogP contribution in [0.15, 0.2) is 35.2 Å². The minimum atomic E-state index is -3.84. The van der Waals surface area contributed by atoms with E-state index in [0.29, 0.717) is 29.9 Å². The average Bonchev–Trinajstić information content (AvgIpc) is 2.74. The number of thioether (sulfide) groups is 1. The van der Waals surface area contributed by atoms with E-state index in [2.05, 4.69) is 15.6 Å². The molecule has 0 saturated heterocycles. The fourth-order valence-electron chi connectivity index (χ4n) is 6.06. The number of hydrogen-bond acceptors (Lipinski definition) is 5. The first-order valence-corrected chi connectivity index (χ1v) is 13.9. The van der Waals surface area contributed by atoms with Gasteiger partial charge in [-0.3, -0.25) is 20.4 Å². The van der Waals surface area contributed by atoms with Gasteiger partial charge in [-0.15, -0.1) is 0 Å². The summed E-state index contributed by atoms with van der Waals surface area (Å²) in [5.41, 5.74) is 4.78. The lowest BCUT2D eigenvalue weighted by Gasteiger charge is -2.55. The SMILES string of the molecule is CSCC[C@H](NS(=O)(=O)c1ccccc1)C(=O)NNC(=O)C12CC3CC(CC(C3)C1)C2. The largest absolute Gasteiger partial charge is 0.273 e. The quantitative estimate of drug-likeness (QED) is 0.512. The van der Waals surface area contributed by atoms with E-state index >= 15 is 0 Å². The van der Waals surface area contributed by atoms with Crippen molar-refractivity contribution in [1.29, 1.82) is 0 Å². The van der Waals surface area contributed by atoms with Gasteiger partial charge in [0.1, 0.15) is 6.04 Å². The maximum absolute atomic E-state index is 13.1. The summed E-state index contributed by atoms with van der Waals surface area (Å²) in [6, 6.07) is 7.02. The first-order chi connectivity index (χ1) is 14.8. The Labute approximate surface area is 188 Å². The molecule has 5 rings (SSSR count). The van der Waals surface area contributed by atoms with Crippen molar-refractivity contribution in [3.05, 3.63) is 30.3 Å². The summed E-state index contributed by atoms with van der Waals surface area (Å²) in [5, 5.41) is 0. The lowest BCUT2D eigenvalue weighted by atomic mass is 9.49. The second kappa shape index (κ2) is 9.11. The van der Waals surface area contributed by atoms with Gasteiger partial charge in [0.25, 0.3) is 5.91 Å². The molecule has 0 spiro atoms. The third-order valence-electron chi connectivity index (χ3n) is 7.10. The molecule has 4 aliphatic rings. The van der Waals surface area contributed by atoms with Crippen LogP contribution in [0.1, 0.15) is 44.9 Å². The van der Waals surface area contributed by atoms with Crippen molar-refractivity contribution < 1.29 is 18.0 Å². The van der Waals surface area contributed by atoms with Crippen molar-refractivity contribution in [3.63, 3.8) is 0 Å². The number of sulfonamides is 1. The zero-order chi connectivity index (χ0) is 22.1. The van der Waals surface area contributed by atoms with Crippen molar-refractivity contribution in [2.75, 3.05) is 12.0 Å². The Bertz CT molecular complexity index is 885. The Morgan fingerprint density at radius 2 is 1.61 bits per heavy atom. The summed E-state index contributed by atoms with van der Waals surface area (Å²) in [5.74, 6) is 1.83. The van der Waals surface area contributed by atoms with Gasteiger partial charge in [0.2, 0.25) is 15.9 Å². The molecule has 3 N–H and O–H groups in total. The third-order valence-corrected chi connectivity index (χ3v) is 9.23. The van der Waals surface area contributed by atoms with E-state index < -0.39 is 22.0 Å². The summed E-state index contributed by atoms with van der Waals surface area (Å²) in [6.45, 7) is 0. The summed E-state index contributed by atoms with van der Waals surface area (Å²) in [4.78, 5) is 26.0. The van der Waals surface area contributed by atoms with Crippen LogP contribution in [-0.4, -0.2) is 38.3 Å². The van der Waals surface area contributed by atoms with Crippen LogP contribution in [0.3, 0.4) is 0 Å². The molecule has 9 heteroatoms. The van der Waals surface area contributed by atoms with Crippen LogP contribution in [0.2, 0.25) is 0 Å². The zero-order valence-electron chi connectivity index (χ0n) is 17.8. The van der Waals surface area contributed by atoms with Crippen molar-refractivity contribution in [2.24, 2.45) is 23.2 Å². The minimum Gasteiger partial charge on any atom is -0.273 e. The van der Waals surface area contributed by atoms with E-state index in [1.54, 1.807) is 18.2 Å². The van der Waals surface area contributed by atoms with Gasteiger partial charge in [0, 0.05) is 0 Å². The van der Waals surface area contributed by atoms with E-state index in [0.717, 1.165) is 19.3 Å². The van der Waals surface area contributed by atoms with Crippen LogP contribution >= 0.6 is 11.8 Å². The predicted molar refractivity (Wildman–Crippen MR) is 120 cm³/mol.